The summed E-state index contributed by atoms with van der Waals surface area (Å²) in [6.45, 7) is 6.08. The molecule has 1 saturated heterocycles. The van der Waals surface area contributed by atoms with Crippen molar-refractivity contribution in [3.8, 4) is 11.6 Å². The van der Waals surface area contributed by atoms with Gasteiger partial charge in [-0.15, -0.1) is 0 Å². The zero-order valence-electron chi connectivity index (χ0n) is 27.7. The molecule has 1 aromatic carbocycles. The molecule has 2 N–H and O–H groups in total. The second-order valence-corrected chi connectivity index (χ2v) is 16.4. The summed E-state index contributed by atoms with van der Waals surface area (Å²) in [5, 5.41) is 4.52. The van der Waals surface area contributed by atoms with Gasteiger partial charge in [0.15, 0.2) is 0 Å². The highest BCUT2D eigenvalue weighted by atomic mass is 32.2. The average molecular weight is 667 g/mol. The first-order valence-electron chi connectivity index (χ1n) is 16.8. The minimum absolute atomic E-state index is 0.133. The largest absolute Gasteiger partial charge is 0.494 e. The maximum absolute atomic E-state index is 14.2. The Morgan fingerprint density at radius 1 is 1.17 bits per heavy atom. The molecule has 0 spiro atoms. The number of allylic oxidation sites excluding steroid dienone is 1. The van der Waals surface area contributed by atoms with Crippen molar-refractivity contribution in [1.29, 1.82) is 0 Å². The number of carbonyl (C=O) groups is 3. The Labute approximate surface area is 276 Å². The molecule has 6 rings (SSSR count). The van der Waals surface area contributed by atoms with E-state index in [-0.39, 0.29) is 37.1 Å². The molecule has 3 amide bonds. The lowest BCUT2D eigenvalue weighted by Gasteiger charge is -2.28. The number of sulfonamides is 1. The summed E-state index contributed by atoms with van der Waals surface area (Å²) in [7, 11) is -2.34. The van der Waals surface area contributed by atoms with Gasteiger partial charge < -0.3 is 19.7 Å². The number of fused-ring (bicyclic) bond motifs is 3. The highest BCUT2D eigenvalue weighted by Crippen LogP contribution is 2.47. The maximum Gasteiger partial charge on any atom is 0.259 e. The number of carbonyl (C=O) groups excluding carboxylic acids is 3. The molecule has 2 aromatic rings. The van der Waals surface area contributed by atoms with Crippen LogP contribution < -0.4 is 19.5 Å². The highest BCUT2D eigenvalue weighted by molar-refractivity contribution is 7.91. The lowest BCUT2D eigenvalue weighted by Crippen LogP contribution is -2.57. The van der Waals surface area contributed by atoms with E-state index in [2.05, 4.69) is 28.9 Å². The van der Waals surface area contributed by atoms with Crippen LogP contribution in [0.1, 0.15) is 78.6 Å². The zero-order valence-corrected chi connectivity index (χ0v) is 28.5. The molecular weight excluding hydrogens is 620 g/mol. The summed E-state index contributed by atoms with van der Waals surface area (Å²) in [6.07, 6.45) is 10.2. The molecule has 12 heteroatoms. The van der Waals surface area contributed by atoms with Crippen LogP contribution in [0.25, 0.3) is 10.8 Å². The van der Waals surface area contributed by atoms with Gasteiger partial charge in [-0.3, -0.25) is 19.1 Å². The Balaban J connectivity index is 1.29. The summed E-state index contributed by atoms with van der Waals surface area (Å²) in [6, 6.07) is 6.69. The molecule has 0 unspecified atom stereocenters. The van der Waals surface area contributed by atoms with Crippen LogP contribution in [0.3, 0.4) is 0 Å². The van der Waals surface area contributed by atoms with Gasteiger partial charge in [0.2, 0.25) is 27.7 Å². The number of ether oxygens (including phenoxy) is 2. The van der Waals surface area contributed by atoms with Gasteiger partial charge in [0.25, 0.3) is 5.91 Å². The van der Waals surface area contributed by atoms with E-state index in [1.165, 1.54) is 0 Å². The molecule has 2 saturated carbocycles. The third-order valence-corrected chi connectivity index (χ3v) is 12.8. The minimum Gasteiger partial charge on any atom is -0.494 e. The van der Waals surface area contributed by atoms with E-state index >= 15 is 0 Å². The molecule has 3 heterocycles. The number of aromatic nitrogens is 1. The monoisotopic (exact) mass is 666 g/mol. The van der Waals surface area contributed by atoms with E-state index in [1.807, 2.05) is 36.4 Å². The molecule has 11 nitrogen and oxygen atoms in total. The predicted molar refractivity (Wildman–Crippen MR) is 177 cm³/mol. The molecule has 6 atom stereocenters. The quantitative estimate of drug-likeness (QED) is 0.418. The van der Waals surface area contributed by atoms with Crippen molar-refractivity contribution in [3.05, 3.63) is 42.6 Å². The number of nitrogens with zero attached hydrogens (tertiary/aromatic N) is 2. The van der Waals surface area contributed by atoms with Crippen LogP contribution in [0.4, 0.5) is 0 Å². The van der Waals surface area contributed by atoms with E-state index in [0.29, 0.717) is 36.8 Å². The topological polar surface area (TPSA) is 144 Å². The van der Waals surface area contributed by atoms with Crippen molar-refractivity contribution in [2.75, 3.05) is 13.7 Å². The van der Waals surface area contributed by atoms with E-state index in [4.69, 9.17) is 9.47 Å². The number of rotatable bonds is 7. The number of benzene rings is 1. The van der Waals surface area contributed by atoms with Gasteiger partial charge in [-0.1, -0.05) is 50.6 Å². The molecule has 3 fully saturated rings. The Hall–Kier alpha value is -3.67. The summed E-state index contributed by atoms with van der Waals surface area (Å²) < 4.78 is 39.3. The van der Waals surface area contributed by atoms with E-state index < -0.39 is 44.3 Å². The standard InChI is InChI=1S/C35H46N4O7S/c1-5-23-16-22(2)10-6-7-11-24-19-35(24,33(42)38-47(43,44)34(3)14-15-34)37-31(41)28-18-25(21-39(28)30(40)17-23)46-32-27-13-9-8-12-26(27)29(45-4)20-36-32/h7-9,11-13,20,22-25,28H,5-6,10,14-19,21H2,1-4H3,(H,37,41)(H,38,42)/b11-7-/t22-,23-,24-,25-,28+,35-/m1/s1. The maximum atomic E-state index is 14.2. The molecule has 47 heavy (non-hydrogen) atoms. The molecular formula is C35H46N4O7S. The van der Waals surface area contributed by atoms with E-state index in [9.17, 15) is 22.8 Å². The fourth-order valence-electron chi connectivity index (χ4n) is 7.11. The molecule has 254 valence electrons. The first-order chi connectivity index (χ1) is 22.4. The normalized spacial score (nSPS) is 31.4. The lowest BCUT2D eigenvalue weighted by atomic mass is 9.88. The second kappa shape index (κ2) is 12.7. The first kappa shape index (κ1) is 33.2. The third kappa shape index (κ3) is 6.58. The summed E-state index contributed by atoms with van der Waals surface area (Å²) in [5.74, 6) is -0.166. The van der Waals surface area contributed by atoms with Crippen LogP contribution in [-0.2, 0) is 24.4 Å². The Morgan fingerprint density at radius 3 is 2.62 bits per heavy atom. The number of nitrogens with one attached hydrogen (secondary N) is 2. The van der Waals surface area contributed by atoms with Crippen LogP contribution in [0, 0.1) is 17.8 Å². The van der Waals surface area contributed by atoms with Crippen molar-refractivity contribution in [3.63, 3.8) is 0 Å². The lowest BCUT2D eigenvalue weighted by molar-refractivity contribution is -0.140. The SMILES string of the molecule is CC[C@H]1CC(=O)N2C[C@H](Oc3ncc(OC)c4ccccc34)C[C@H]2C(=O)N[C@]2(C(=O)NS(=O)(=O)C3(C)CC3)C[C@H]2/C=C\CC[C@@H](C)C1. The van der Waals surface area contributed by atoms with Crippen molar-refractivity contribution in [2.24, 2.45) is 17.8 Å². The van der Waals surface area contributed by atoms with Crippen molar-refractivity contribution < 1.29 is 32.3 Å². The van der Waals surface area contributed by atoms with Gasteiger partial charge in [0, 0.05) is 29.5 Å². The second-order valence-electron chi connectivity index (χ2n) is 14.2. The fourth-order valence-corrected chi connectivity index (χ4v) is 8.43. The Kier molecular flexibility index (Phi) is 9.01. The molecule has 2 aliphatic carbocycles. The number of methoxy groups -OCH3 is 1. The van der Waals surface area contributed by atoms with Crippen molar-refractivity contribution in [1.82, 2.24) is 19.9 Å². The van der Waals surface area contributed by atoms with Crippen LogP contribution in [-0.4, -0.2) is 72.1 Å². The van der Waals surface area contributed by atoms with Gasteiger partial charge in [-0.2, -0.15) is 0 Å². The molecule has 0 radical (unpaired) electrons. The zero-order chi connectivity index (χ0) is 33.6. The number of hydrogen-bond acceptors (Lipinski definition) is 8. The fraction of sp³-hybridized carbons (Fsp3) is 0.600. The summed E-state index contributed by atoms with van der Waals surface area (Å²) >= 11 is 0. The average Bonchev–Trinajstić information content (AvgIpc) is 3.92. The van der Waals surface area contributed by atoms with Crippen LogP contribution >= 0.6 is 0 Å². The van der Waals surface area contributed by atoms with Gasteiger partial charge in [-0.25, -0.2) is 13.4 Å². The van der Waals surface area contributed by atoms with Gasteiger partial charge in [-0.05, 0) is 63.4 Å². The van der Waals surface area contributed by atoms with Crippen molar-refractivity contribution in [2.45, 2.75) is 101 Å². The Bertz CT molecular complexity index is 1690. The number of hydrogen-bond donors (Lipinski definition) is 2. The van der Waals surface area contributed by atoms with Gasteiger partial charge >= 0.3 is 0 Å². The van der Waals surface area contributed by atoms with Crippen LogP contribution in [0.2, 0.25) is 0 Å². The van der Waals surface area contributed by atoms with E-state index in [0.717, 1.165) is 36.5 Å². The predicted octanol–water partition coefficient (Wildman–Crippen LogP) is 4.26. The molecule has 0 bridgehead atoms. The summed E-state index contributed by atoms with van der Waals surface area (Å²) in [5.41, 5.74) is -1.41. The highest BCUT2D eigenvalue weighted by Gasteiger charge is 2.63. The summed E-state index contributed by atoms with van der Waals surface area (Å²) in [4.78, 5) is 47.9. The first-order valence-corrected chi connectivity index (χ1v) is 18.3. The van der Waals surface area contributed by atoms with Crippen molar-refractivity contribution >= 4 is 38.5 Å². The molecule has 1 aromatic heterocycles. The molecule has 2 aliphatic heterocycles. The van der Waals surface area contributed by atoms with E-state index in [1.54, 1.807) is 25.1 Å². The number of amides is 3. The molecule has 4 aliphatic rings. The van der Waals surface area contributed by atoms with Crippen LogP contribution in [0.15, 0.2) is 42.6 Å². The smallest absolute Gasteiger partial charge is 0.259 e. The van der Waals surface area contributed by atoms with Gasteiger partial charge in [0.1, 0.15) is 23.4 Å². The third-order valence-electron chi connectivity index (χ3n) is 10.7. The Morgan fingerprint density at radius 2 is 1.91 bits per heavy atom. The number of pyridine rings is 1. The van der Waals surface area contributed by atoms with Crippen LogP contribution in [0.5, 0.6) is 11.6 Å². The van der Waals surface area contributed by atoms with Gasteiger partial charge in [0.05, 0.1) is 24.6 Å². The minimum atomic E-state index is -3.91.